The highest BCUT2D eigenvalue weighted by Crippen LogP contribution is 2.36. The van der Waals surface area contributed by atoms with Crippen molar-refractivity contribution in [3.05, 3.63) is 0 Å². The molecule has 1 aliphatic carbocycles. The minimum absolute atomic E-state index is 0.0852. The van der Waals surface area contributed by atoms with Crippen LogP contribution in [0.25, 0.3) is 0 Å². The Bertz CT molecular complexity index is 375. The van der Waals surface area contributed by atoms with Crippen molar-refractivity contribution in [3.63, 3.8) is 0 Å². The van der Waals surface area contributed by atoms with E-state index >= 15 is 0 Å². The Morgan fingerprint density at radius 2 is 2.20 bits per heavy atom. The van der Waals surface area contributed by atoms with Crippen molar-refractivity contribution in [2.75, 3.05) is 6.54 Å². The van der Waals surface area contributed by atoms with Gasteiger partial charge in [-0.05, 0) is 46.5 Å². The average Bonchev–Trinajstić information content (AvgIpc) is 2.71. The summed E-state index contributed by atoms with van der Waals surface area (Å²) >= 11 is 0. The second kappa shape index (κ2) is 6.12. The van der Waals surface area contributed by atoms with Crippen LogP contribution in [0.4, 0.5) is 4.79 Å². The maximum absolute atomic E-state index is 11.8. The smallest absolute Gasteiger partial charge is 0.407 e. The third-order valence-electron chi connectivity index (χ3n) is 3.79. The molecule has 2 rings (SSSR count). The minimum atomic E-state index is -0.477. The molecule has 1 N–H and O–H groups in total. The average molecular weight is 283 g/mol. The van der Waals surface area contributed by atoms with Crippen molar-refractivity contribution in [1.82, 2.24) is 5.32 Å². The molecule has 0 bridgehead atoms. The van der Waals surface area contributed by atoms with E-state index < -0.39 is 11.7 Å². The first-order valence-electron chi connectivity index (χ1n) is 7.50. The minimum Gasteiger partial charge on any atom is -0.444 e. The SMILES string of the molecule is CC(C)(C)OC(=O)NCC[C@H]1C[C@H]2C(=O)CCC[C@H]2O1. The van der Waals surface area contributed by atoms with E-state index in [1.54, 1.807) is 0 Å². The number of ether oxygens (including phenoxy) is 2. The lowest BCUT2D eigenvalue weighted by Crippen LogP contribution is -2.34. The maximum Gasteiger partial charge on any atom is 0.407 e. The van der Waals surface area contributed by atoms with Crippen molar-refractivity contribution in [2.24, 2.45) is 5.92 Å². The lowest BCUT2D eigenvalue weighted by molar-refractivity contribution is -0.127. The summed E-state index contributed by atoms with van der Waals surface area (Å²) in [4.78, 5) is 23.3. The second-order valence-corrected chi connectivity index (χ2v) is 6.71. The molecule has 3 atom stereocenters. The van der Waals surface area contributed by atoms with Crippen molar-refractivity contribution in [2.45, 2.75) is 70.7 Å². The molecule has 0 aromatic heterocycles. The van der Waals surface area contributed by atoms with Crippen molar-refractivity contribution >= 4 is 11.9 Å². The number of carbonyl (C=O) groups excluding carboxylic acids is 2. The van der Waals surface area contributed by atoms with Crippen LogP contribution in [-0.4, -0.2) is 36.2 Å². The zero-order chi connectivity index (χ0) is 14.8. The summed E-state index contributed by atoms with van der Waals surface area (Å²) in [6, 6.07) is 0. The van der Waals surface area contributed by atoms with Crippen LogP contribution in [0.3, 0.4) is 0 Å². The molecular weight excluding hydrogens is 258 g/mol. The number of alkyl carbamates (subject to hydrolysis) is 1. The Balaban J connectivity index is 1.68. The standard InChI is InChI=1S/C15H25NO4/c1-15(2,3)20-14(18)16-8-7-10-9-11-12(17)5-4-6-13(11)19-10/h10-11,13H,4-9H2,1-3H3,(H,16,18)/t10-,11-,13+/m0/s1. The number of ketones is 1. The molecule has 0 aromatic carbocycles. The Morgan fingerprint density at radius 1 is 1.45 bits per heavy atom. The van der Waals surface area contributed by atoms with Gasteiger partial charge in [-0.25, -0.2) is 4.79 Å². The van der Waals surface area contributed by atoms with Gasteiger partial charge in [0.25, 0.3) is 0 Å². The van der Waals surface area contributed by atoms with Gasteiger partial charge in [0.2, 0.25) is 0 Å². The highest BCUT2D eigenvalue weighted by Gasteiger charge is 2.41. The van der Waals surface area contributed by atoms with Gasteiger partial charge in [-0.3, -0.25) is 4.79 Å². The van der Waals surface area contributed by atoms with Crippen molar-refractivity contribution in [1.29, 1.82) is 0 Å². The van der Waals surface area contributed by atoms with Gasteiger partial charge >= 0.3 is 6.09 Å². The van der Waals surface area contributed by atoms with Gasteiger partial charge in [0.15, 0.2) is 0 Å². The van der Waals surface area contributed by atoms with Crippen LogP contribution in [0.15, 0.2) is 0 Å². The summed E-state index contributed by atoms with van der Waals surface area (Å²) < 4.78 is 11.1. The molecule has 5 heteroatoms. The van der Waals surface area contributed by atoms with E-state index in [9.17, 15) is 9.59 Å². The molecule has 0 radical (unpaired) electrons. The summed E-state index contributed by atoms with van der Waals surface area (Å²) in [5.74, 6) is 0.444. The molecule has 2 fully saturated rings. The Labute approximate surface area is 120 Å². The van der Waals surface area contributed by atoms with E-state index in [2.05, 4.69) is 5.32 Å². The number of rotatable bonds is 3. The summed E-state index contributed by atoms with van der Waals surface area (Å²) in [6.45, 7) is 6.03. The van der Waals surface area contributed by atoms with E-state index in [-0.39, 0.29) is 18.1 Å². The molecule has 0 unspecified atom stereocenters. The summed E-state index contributed by atoms with van der Waals surface area (Å²) in [5, 5.41) is 2.73. The fourth-order valence-electron chi connectivity index (χ4n) is 2.94. The Morgan fingerprint density at radius 3 is 2.85 bits per heavy atom. The molecule has 5 nitrogen and oxygen atoms in total. The largest absolute Gasteiger partial charge is 0.444 e. The fourth-order valence-corrected chi connectivity index (χ4v) is 2.94. The Hall–Kier alpha value is -1.10. The van der Waals surface area contributed by atoms with Crippen LogP contribution >= 0.6 is 0 Å². The highest BCUT2D eigenvalue weighted by atomic mass is 16.6. The van der Waals surface area contributed by atoms with E-state index in [0.717, 1.165) is 25.7 Å². The van der Waals surface area contributed by atoms with Crippen molar-refractivity contribution in [3.8, 4) is 0 Å². The molecule has 20 heavy (non-hydrogen) atoms. The van der Waals surface area contributed by atoms with E-state index in [4.69, 9.17) is 9.47 Å². The molecule has 114 valence electrons. The third-order valence-corrected chi connectivity index (χ3v) is 3.79. The van der Waals surface area contributed by atoms with Gasteiger partial charge in [-0.15, -0.1) is 0 Å². The number of hydrogen-bond acceptors (Lipinski definition) is 4. The molecule has 1 heterocycles. The van der Waals surface area contributed by atoms with Gasteiger partial charge in [0.1, 0.15) is 11.4 Å². The van der Waals surface area contributed by atoms with Gasteiger partial charge in [0.05, 0.1) is 12.2 Å². The first-order valence-corrected chi connectivity index (χ1v) is 7.50. The predicted octanol–water partition coefficient (Wildman–Crippen LogP) is 2.43. The van der Waals surface area contributed by atoms with Gasteiger partial charge < -0.3 is 14.8 Å². The van der Waals surface area contributed by atoms with Crippen LogP contribution in [0.5, 0.6) is 0 Å². The molecule has 0 spiro atoms. The first-order chi connectivity index (χ1) is 9.35. The van der Waals surface area contributed by atoms with Crippen molar-refractivity contribution < 1.29 is 19.1 Å². The summed E-state index contributed by atoms with van der Waals surface area (Å²) in [7, 11) is 0. The topological polar surface area (TPSA) is 64.6 Å². The van der Waals surface area contributed by atoms with Gasteiger partial charge in [0, 0.05) is 18.9 Å². The number of Topliss-reactive ketones (excluding diaryl/α,β-unsaturated/α-hetero) is 1. The lowest BCUT2D eigenvalue weighted by Gasteiger charge is -2.22. The van der Waals surface area contributed by atoms with Crippen LogP contribution in [0, 0.1) is 5.92 Å². The van der Waals surface area contributed by atoms with E-state index in [1.807, 2.05) is 20.8 Å². The number of fused-ring (bicyclic) bond motifs is 1. The normalized spacial score (nSPS) is 29.9. The zero-order valence-electron chi connectivity index (χ0n) is 12.6. The molecule has 1 saturated carbocycles. The second-order valence-electron chi connectivity index (χ2n) is 6.71. The van der Waals surface area contributed by atoms with E-state index in [0.29, 0.717) is 18.7 Å². The van der Waals surface area contributed by atoms with E-state index in [1.165, 1.54) is 0 Å². The highest BCUT2D eigenvalue weighted by molar-refractivity contribution is 5.82. The zero-order valence-corrected chi connectivity index (χ0v) is 12.6. The number of hydrogen-bond donors (Lipinski definition) is 1. The molecule has 1 saturated heterocycles. The van der Waals surface area contributed by atoms with Crippen LogP contribution in [-0.2, 0) is 14.3 Å². The Kier molecular flexibility index (Phi) is 4.68. The van der Waals surface area contributed by atoms with Crippen LogP contribution in [0.2, 0.25) is 0 Å². The lowest BCUT2D eigenvalue weighted by atomic mass is 9.84. The van der Waals surface area contributed by atoms with Gasteiger partial charge in [-0.1, -0.05) is 0 Å². The van der Waals surface area contributed by atoms with Crippen LogP contribution in [0.1, 0.15) is 52.9 Å². The summed E-state index contributed by atoms with van der Waals surface area (Å²) in [5.41, 5.74) is -0.477. The van der Waals surface area contributed by atoms with Crippen LogP contribution < -0.4 is 5.32 Å². The molecule has 0 aromatic rings. The molecular formula is C15H25NO4. The summed E-state index contributed by atoms with van der Waals surface area (Å²) in [6.07, 6.45) is 3.98. The maximum atomic E-state index is 11.8. The monoisotopic (exact) mass is 283 g/mol. The fraction of sp³-hybridized carbons (Fsp3) is 0.867. The first kappa shape index (κ1) is 15.3. The molecule has 2 aliphatic rings. The quantitative estimate of drug-likeness (QED) is 0.864. The number of amides is 1. The number of carbonyl (C=O) groups is 2. The molecule has 1 aliphatic heterocycles. The predicted molar refractivity (Wildman–Crippen MR) is 74.5 cm³/mol. The molecule has 1 amide bonds. The number of nitrogens with one attached hydrogen (secondary N) is 1. The van der Waals surface area contributed by atoms with Gasteiger partial charge in [-0.2, -0.15) is 0 Å². The third kappa shape index (κ3) is 4.20.